The van der Waals surface area contributed by atoms with Crippen molar-refractivity contribution in [2.24, 2.45) is 0 Å². The molecule has 0 heterocycles. The fraction of sp³-hybridized carbons (Fsp3) is 0.851. The largest absolute Gasteiger partial charge is 0.462 e. The smallest absolute Gasteiger partial charge is 0.306 e. The molecule has 1 unspecified atom stereocenters. The molecule has 0 aromatic heterocycles. The lowest BCUT2D eigenvalue weighted by molar-refractivity contribution is -0.167. The molecule has 6 nitrogen and oxygen atoms in total. The first-order chi connectivity index (χ1) is 39.5. The molecule has 0 N–H and O–H groups in total. The molecule has 0 amide bonds. The molecule has 0 aromatic rings. The Balaban J connectivity index is 4.16. The van der Waals surface area contributed by atoms with Crippen molar-refractivity contribution in [1.82, 2.24) is 0 Å². The lowest BCUT2D eigenvalue weighted by Crippen LogP contribution is -2.30. The highest BCUT2D eigenvalue weighted by atomic mass is 16.6. The third kappa shape index (κ3) is 66.2. The van der Waals surface area contributed by atoms with Gasteiger partial charge in [-0.25, -0.2) is 0 Å². The monoisotopic (exact) mass is 1120 g/mol. The number of ether oxygens (including phenoxy) is 3. The average Bonchev–Trinajstić information content (AvgIpc) is 3.46. The molecule has 0 fully saturated rings. The molecular weight excluding hydrogens is 985 g/mol. The molecule has 0 aliphatic heterocycles. The summed E-state index contributed by atoms with van der Waals surface area (Å²) in [6.45, 7) is 6.64. The molecule has 1 atom stereocenters. The number of rotatable bonds is 66. The Morgan fingerprint density at radius 1 is 0.250 bits per heavy atom. The zero-order valence-corrected chi connectivity index (χ0v) is 53.9. The fourth-order valence-electron chi connectivity index (χ4n) is 10.7. The molecule has 0 aliphatic carbocycles. The fourth-order valence-corrected chi connectivity index (χ4v) is 10.7. The topological polar surface area (TPSA) is 78.9 Å². The van der Waals surface area contributed by atoms with Gasteiger partial charge in [-0.3, -0.25) is 14.4 Å². The molecule has 6 heteroatoms. The molecule has 468 valence electrons. The summed E-state index contributed by atoms with van der Waals surface area (Å²) in [7, 11) is 0. The maximum absolute atomic E-state index is 12.9. The highest BCUT2D eigenvalue weighted by Gasteiger charge is 2.19. The minimum Gasteiger partial charge on any atom is -0.462 e. The Morgan fingerprint density at radius 2 is 0.463 bits per heavy atom. The van der Waals surface area contributed by atoms with E-state index in [1.54, 1.807) is 0 Å². The second-order valence-electron chi connectivity index (χ2n) is 24.1. The third-order valence-electron chi connectivity index (χ3n) is 16.1. The molecule has 80 heavy (non-hydrogen) atoms. The van der Waals surface area contributed by atoms with E-state index in [1.807, 2.05) is 0 Å². The Hall–Kier alpha value is -2.63. The lowest BCUT2D eigenvalue weighted by atomic mass is 10.0. The van der Waals surface area contributed by atoms with E-state index in [9.17, 15) is 14.4 Å². The van der Waals surface area contributed by atoms with Crippen LogP contribution in [0.25, 0.3) is 0 Å². The minimum atomic E-state index is -0.776. The van der Waals surface area contributed by atoms with Crippen LogP contribution in [-0.4, -0.2) is 37.2 Å². The van der Waals surface area contributed by atoms with E-state index in [0.717, 1.165) is 83.5 Å². The van der Waals surface area contributed by atoms with Crippen molar-refractivity contribution in [2.75, 3.05) is 13.2 Å². The zero-order chi connectivity index (χ0) is 57.8. The first-order valence-corrected chi connectivity index (χ1v) is 35.6. The summed E-state index contributed by atoms with van der Waals surface area (Å²) in [5, 5.41) is 0. The highest BCUT2D eigenvalue weighted by Crippen LogP contribution is 2.18. The SMILES string of the molecule is CCCC/C=C\C/C=C\CCCCCCCC(=O)OCC(COC(=O)CCCCCCCCCCCCCCCCCCCCC/C=C\C/C=C\CCCCCCC)OC(=O)CCCCCCCCCCCCCCCCCCC. The first-order valence-electron chi connectivity index (χ1n) is 35.6. The van der Waals surface area contributed by atoms with Crippen molar-refractivity contribution in [3.05, 3.63) is 48.6 Å². The maximum atomic E-state index is 12.9. The van der Waals surface area contributed by atoms with Crippen LogP contribution in [-0.2, 0) is 28.6 Å². The summed E-state index contributed by atoms with van der Waals surface area (Å²) in [6.07, 6.45) is 87.2. The first kappa shape index (κ1) is 77.4. The van der Waals surface area contributed by atoms with Crippen LogP contribution in [0.5, 0.6) is 0 Å². The van der Waals surface area contributed by atoms with Crippen molar-refractivity contribution in [3.63, 3.8) is 0 Å². The second kappa shape index (κ2) is 68.9. The molecule has 0 aliphatic rings. The van der Waals surface area contributed by atoms with Crippen LogP contribution in [0.2, 0.25) is 0 Å². The van der Waals surface area contributed by atoms with Gasteiger partial charge in [-0.2, -0.15) is 0 Å². The van der Waals surface area contributed by atoms with E-state index < -0.39 is 6.10 Å². The van der Waals surface area contributed by atoms with E-state index in [-0.39, 0.29) is 31.1 Å². The predicted octanol–water partition coefficient (Wildman–Crippen LogP) is 24.5. The predicted molar refractivity (Wildman–Crippen MR) is 349 cm³/mol. The van der Waals surface area contributed by atoms with E-state index in [1.165, 1.54) is 263 Å². The summed E-state index contributed by atoms with van der Waals surface area (Å²) >= 11 is 0. The van der Waals surface area contributed by atoms with Gasteiger partial charge in [0.2, 0.25) is 0 Å². The minimum absolute atomic E-state index is 0.0721. The zero-order valence-electron chi connectivity index (χ0n) is 53.9. The molecular formula is C74H136O6. The summed E-state index contributed by atoms with van der Waals surface area (Å²) in [5.41, 5.74) is 0. The Labute approximate surface area is 498 Å². The molecule has 0 radical (unpaired) electrons. The molecule has 0 saturated heterocycles. The standard InChI is InChI=1S/C74H136O6/c1-4-7-10-13-16-19-22-25-28-30-31-32-33-34-35-36-37-38-39-40-41-42-43-45-46-49-52-55-58-61-64-67-73(76)79-70-71(69-78-72(75)66-63-60-57-54-51-48-27-24-21-18-15-12-9-6-3)80-74(77)68-65-62-59-56-53-50-47-44-29-26-23-20-17-14-11-8-5-2/h15,18,22,24-25,27,30-31,71H,4-14,16-17,19-21,23,26,28-29,32-70H2,1-3H3/b18-15-,25-22-,27-24-,31-30-. The van der Waals surface area contributed by atoms with Gasteiger partial charge < -0.3 is 14.2 Å². The number of hydrogen-bond donors (Lipinski definition) is 0. The summed E-state index contributed by atoms with van der Waals surface area (Å²) < 4.78 is 17.0. The summed E-state index contributed by atoms with van der Waals surface area (Å²) in [5.74, 6) is -0.859. The second-order valence-corrected chi connectivity index (χ2v) is 24.1. The maximum Gasteiger partial charge on any atom is 0.306 e. The summed E-state index contributed by atoms with van der Waals surface area (Å²) in [6, 6.07) is 0. The Kier molecular flexibility index (Phi) is 66.6. The average molecular weight is 1120 g/mol. The van der Waals surface area contributed by atoms with Crippen LogP contribution in [0.4, 0.5) is 0 Å². The molecule has 0 aromatic carbocycles. The van der Waals surface area contributed by atoms with Gasteiger partial charge in [-0.15, -0.1) is 0 Å². The van der Waals surface area contributed by atoms with Crippen molar-refractivity contribution < 1.29 is 28.6 Å². The van der Waals surface area contributed by atoms with Gasteiger partial charge in [0.05, 0.1) is 0 Å². The van der Waals surface area contributed by atoms with Crippen LogP contribution in [0.15, 0.2) is 48.6 Å². The van der Waals surface area contributed by atoms with Crippen molar-refractivity contribution >= 4 is 17.9 Å². The number of esters is 3. The molecule has 0 bridgehead atoms. The van der Waals surface area contributed by atoms with Crippen molar-refractivity contribution in [1.29, 1.82) is 0 Å². The Bertz CT molecular complexity index is 1380. The van der Waals surface area contributed by atoms with Crippen molar-refractivity contribution in [2.45, 2.75) is 393 Å². The third-order valence-corrected chi connectivity index (χ3v) is 16.1. The van der Waals surface area contributed by atoms with Crippen LogP contribution in [0.3, 0.4) is 0 Å². The van der Waals surface area contributed by atoms with E-state index in [0.29, 0.717) is 19.3 Å². The van der Waals surface area contributed by atoms with Gasteiger partial charge >= 0.3 is 17.9 Å². The van der Waals surface area contributed by atoms with E-state index in [2.05, 4.69) is 69.4 Å². The van der Waals surface area contributed by atoms with E-state index in [4.69, 9.17) is 14.2 Å². The number of carbonyl (C=O) groups is 3. The van der Waals surface area contributed by atoms with Gasteiger partial charge in [0.25, 0.3) is 0 Å². The number of unbranched alkanes of at least 4 members (excludes halogenated alkanes) is 47. The number of hydrogen-bond acceptors (Lipinski definition) is 6. The number of allylic oxidation sites excluding steroid dienone is 8. The lowest BCUT2D eigenvalue weighted by Gasteiger charge is -2.18. The van der Waals surface area contributed by atoms with Crippen LogP contribution in [0.1, 0.15) is 387 Å². The summed E-state index contributed by atoms with van der Waals surface area (Å²) in [4.78, 5) is 38.4. The van der Waals surface area contributed by atoms with Gasteiger partial charge in [-0.05, 0) is 77.0 Å². The molecule has 0 spiro atoms. The van der Waals surface area contributed by atoms with Gasteiger partial charge in [-0.1, -0.05) is 339 Å². The van der Waals surface area contributed by atoms with Crippen molar-refractivity contribution in [3.8, 4) is 0 Å². The van der Waals surface area contributed by atoms with Gasteiger partial charge in [0.1, 0.15) is 13.2 Å². The number of carbonyl (C=O) groups excluding carboxylic acids is 3. The van der Waals surface area contributed by atoms with Gasteiger partial charge in [0, 0.05) is 19.3 Å². The van der Waals surface area contributed by atoms with Gasteiger partial charge in [0.15, 0.2) is 6.10 Å². The van der Waals surface area contributed by atoms with Crippen LogP contribution >= 0.6 is 0 Å². The molecule has 0 saturated carbocycles. The van der Waals surface area contributed by atoms with Crippen LogP contribution in [0, 0.1) is 0 Å². The Morgan fingerprint density at radius 3 is 0.725 bits per heavy atom. The van der Waals surface area contributed by atoms with Crippen LogP contribution < -0.4 is 0 Å². The molecule has 0 rings (SSSR count). The quantitative estimate of drug-likeness (QED) is 0.0261. The highest BCUT2D eigenvalue weighted by molar-refractivity contribution is 5.71. The normalized spacial score (nSPS) is 12.3. The van der Waals surface area contributed by atoms with E-state index >= 15 is 0 Å².